The third kappa shape index (κ3) is 1.26. The quantitative estimate of drug-likeness (QED) is 0.739. The molecule has 0 bridgehead atoms. The summed E-state index contributed by atoms with van der Waals surface area (Å²) in [5, 5.41) is 9.05. The van der Waals surface area contributed by atoms with Crippen molar-refractivity contribution < 1.29 is 14.7 Å². The third-order valence-corrected chi connectivity index (χ3v) is 4.30. The first-order valence-corrected chi connectivity index (χ1v) is 4.97. The molecule has 1 aliphatic carbocycles. The van der Waals surface area contributed by atoms with Crippen molar-refractivity contribution in [1.29, 1.82) is 0 Å². The molecule has 1 rings (SSSR count). The Morgan fingerprint density at radius 3 is 2.00 bits per heavy atom. The second-order valence-electron chi connectivity index (χ2n) is 5.04. The highest BCUT2D eigenvalue weighted by atomic mass is 16.4. The van der Waals surface area contributed by atoms with Crippen LogP contribution in [0.3, 0.4) is 0 Å². The van der Waals surface area contributed by atoms with Crippen molar-refractivity contribution in [3.63, 3.8) is 0 Å². The maximum atomic E-state index is 11.6. The number of carbonyl (C=O) groups is 2. The Labute approximate surface area is 84.5 Å². The van der Waals surface area contributed by atoms with Crippen molar-refractivity contribution in [1.82, 2.24) is 0 Å². The van der Waals surface area contributed by atoms with E-state index in [9.17, 15) is 9.59 Å². The average Bonchev–Trinajstić information content (AvgIpc) is 2.24. The van der Waals surface area contributed by atoms with Crippen molar-refractivity contribution in [2.45, 2.75) is 40.5 Å². The van der Waals surface area contributed by atoms with Crippen LogP contribution in [0.5, 0.6) is 0 Å². The lowest BCUT2D eigenvalue weighted by atomic mass is 9.64. The summed E-state index contributed by atoms with van der Waals surface area (Å²) in [5.74, 6) is -1.07. The molecule has 0 aromatic carbocycles. The van der Waals surface area contributed by atoms with Gasteiger partial charge in [0.1, 0.15) is 5.78 Å². The third-order valence-electron chi connectivity index (χ3n) is 4.30. The largest absolute Gasteiger partial charge is 0.481 e. The number of carbonyl (C=O) groups excluding carboxylic acids is 1. The smallest absolute Gasteiger partial charge is 0.307 e. The molecule has 1 aliphatic rings. The van der Waals surface area contributed by atoms with Gasteiger partial charge in [-0.15, -0.1) is 0 Å². The molecule has 0 aromatic rings. The van der Waals surface area contributed by atoms with Crippen molar-refractivity contribution in [3.05, 3.63) is 0 Å². The number of aliphatic carboxylic acids is 1. The number of ketones is 1. The summed E-state index contributed by atoms with van der Waals surface area (Å²) < 4.78 is 0. The fourth-order valence-corrected chi connectivity index (χ4v) is 2.56. The minimum atomic E-state index is -0.778. The molecule has 14 heavy (non-hydrogen) atoms. The molecule has 0 aromatic heterocycles. The Morgan fingerprint density at radius 1 is 1.29 bits per heavy atom. The zero-order valence-electron chi connectivity index (χ0n) is 9.26. The van der Waals surface area contributed by atoms with E-state index in [4.69, 9.17) is 5.11 Å². The highest BCUT2D eigenvalue weighted by Gasteiger charge is 2.56. The second kappa shape index (κ2) is 3.07. The molecule has 0 unspecified atom stereocenters. The van der Waals surface area contributed by atoms with E-state index < -0.39 is 22.7 Å². The summed E-state index contributed by atoms with van der Waals surface area (Å²) in [5.41, 5.74) is -0.916. The highest BCUT2D eigenvalue weighted by molar-refractivity contribution is 5.85. The first-order valence-electron chi connectivity index (χ1n) is 4.97. The molecular formula is C11H18O3. The van der Waals surface area contributed by atoms with E-state index in [1.165, 1.54) is 0 Å². The van der Waals surface area contributed by atoms with Crippen LogP contribution < -0.4 is 0 Å². The summed E-state index contributed by atoms with van der Waals surface area (Å²) in [6.45, 7) is 7.23. The predicted octanol–water partition coefficient (Wildman–Crippen LogP) is 2.10. The summed E-state index contributed by atoms with van der Waals surface area (Å²) in [6, 6.07) is 0. The Morgan fingerprint density at radius 2 is 1.79 bits per heavy atom. The number of rotatable bonds is 2. The monoisotopic (exact) mass is 198 g/mol. The maximum Gasteiger partial charge on any atom is 0.307 e. The van der Waals surface area contributed by atoms with E-state index in [1.807, 2.05) is 20.8 Å². The van der Waals surface area contributed by atoms with Crippen LogP contribution in [-0.4, -0.2) is 16.9 Å². The minimum Gasteiger partial charge on any atom is -0.481 e. The van der Waals surface area contributed by atoms with Crippen LogP contribution in [0.1, 0.15) is 40.5 Å². The summed E-state index contributed by atoms with van der Waals surface area (Å²) >= 11 is 0. The lowest BCUT2D eigenvalue weighted by Gasteiger charge is -2.38. The highest BCUT2D eigenvalue weighted by Crippen LogP contribution is 2.56. The van der Waals surface area contributed by atoms with Gasteiger partial charge in [0, 0.05) is 5.41 Å². The van der Waals surface area contributed by atoms with E-state index in [1.54, 1.807) is 6.92 Å². The van der Waals surface area contributed by atoms with Crippen LogP contribution >= 0.6 is 0 Å². The molecule has 0 aliphatic heterocycles. The zero-order valence-corrected chi connectivity index (χ0v) is 9.26. The Hall–Kier alpha value is -0.860. The van der Waals surface area contributed by atoms with Crippen LogP contribution in [0.2, 0.25) is 0 Å². The molecule has 0 saturated heterocycles. The van der Waals surface area contributed by atoms with Gasteiger partial charge in [0.15, 0.2) is 0 Å². The second-order valence-corrected chi connectivity index (χ2v) is 5.04. The van der Waals surface area contributed by atoms with Gasteiger partial charge in [0.05, 0.1) is 5.92 Å². The number of carboxylic acid groups (broad SMARTS) is 1. The first kappa shape index (κ1) is 11.2. The minimum absolute atomic E-state index is 0.103. The normalized spacial score (nSPS) is 35.6. The van der Waals surface area contributed by atoms with Gasteiger partial charge >= 0.3 is 5.97 Å². The van der Waals surface area contributed by atoms with E-state index >= 15 is 0 Å². The van der Waals surface area contributed by atoms with Gasteiger partial charge in [0.2, 0.25) is 0 Å². The molecule has 0 radical (unpaired) electrons. The molecule has 0 amide bonds. The van der Waals surface area contributed by atoms with Crippen molar-refractivity contribution in [3.8, 4) is 0 Å². The maximum absolute atomic E-state index is 11.6. The molecule has 1 saturated carbocycles. The van der Waals surface area contributed by atoms with Gasteiger partial charge in [-0.05, 0) is 25.2 Å². The first-order chi connectivity index (χ1) is 6.23. The fraction of sp³-hybridized carbons (Fsp3) is 0.818. The summed E-state index contributed by atoms with van der Waals surface area (Å²) in [6.07, 6.45) is 1.30. The molecule has 3 nitrogen and oxygen atoms in total. The molecule has 1 fully saturated rings. The number of Topliss-reactive ketones (excluding diaryl/α,β-unsaturated/α-hetero) is 1. The molecular weight excluding hydrogens is 180 g/mol. The predicted molar refractivity (Wildman–Crippen MR) is 52.9 cm³/mol. The molecule has 3 heteroatoms. The van der Waals surface area contributed by atoms with Crippen LogP contribution in [0, 0.1) is 16.7 Å². The van der Waals surface area contributed by atoms with Crippen molar-refractivity contribution in [2.24, 2.45) is 16.7 Å². The Balaban J connectivity index is 3.08. The van der Waals surface area contributed by atoms with Crippen molar-refractivity contribution >= 4 is 11.8 Å². The molecule has 2 atom stereocenters. The van der Waals surface area contributed by atoms with E-state index in [0.29, 0.717) is 12.8 Å². The molecule has 1 N–H and O–H groups in total. The van der Waals surface area contributed by atoms with Gasteiger partial charge in [-0.3, -0.25) is 9.59 Å². The van der Waals surface area contributed by atoms with Gasteiger partial charge in [-0.1, -0.05) is 20.8 Å². The van der Waals surface area contributed by atoms with Gasteiger partial charge < -0.3 is 5.11 Å². The van der Waals surface area contributed by atoms with Crippen LogP contribution in [0.4, 0.5) is 0 Å². The molecule has 0 heterocycles. The summed E-state index contributed by atoms with van der Waals surface area (Å²) in [4.78, 5) is 22.6. The van der Waals surface area contributed by atoms with E-state index in [-0.39, 0.29) is 5.78 Å². The van der Waals surface area contributed by atoms with Crippen LogP contribution in [-0.2, 0) is 9.59 Å². The average molecular weight is 198 g/mol. The van der Waals surface area contributed by atoms with Crippen molar-refractivity contribution in [2.75, 3.05) is 0 Å². The van der Waals surface area contributed by atoms with Gasteiger partial charge in [-0.25, -0.2) is 0 Å². The zero-order chi connectivity index (χ0) is 11.1. The number of hydrogen-bond acceptors (Lipinski definition) is 2. The standard InChI is InChI=1S/C11H18O3/c1-7(12)11(4)6-5-8(9(13)14)10(11,2)3/h8H,5-6H2,1-4H3,(H,13,14)/t8-,11+/m1/s1. The Bertz CT molecular complexity index is 280. The van der Waals surface area contributed by atoms with Crippen LogP contribution in [0.15, 0.2) is 0 Å². The lowest BCUT2D eigenvalue weighted by Crippen LogP contribution is -2.41. The molecule has 0 spiro atoms. The number of carboxylic acids is 1. The number of hydrogen-bond donors (Lipinski definition) is 1. The van der Waals surface area contributed by atoms with Gasteiger partial charge in [-0.2, -0.15) is 0 Å². The van der Waals surface area contributed by atoms with Crippen LogP contribution in [0.25, 0.3) is 0 Å². The van der Waals surface area contributed by atoms with E-state index in [2.05, 4.69) is 0 Å². The lowest BCUT2D eigenvalue weighted by molar-refractivity contribution is -0.147. The van der Waals surface area contributed by atoms with E-state index in [0.717, 1.165) is 0 Å². The SMILES string of the molecule is CC(=O)[C@]1(C)CC[C@H](C(=O)O)C1(C)C. The fourth-order valence-electron chi connectivity index (χ4n) is 2.56. The topological polar surface area (TPSA) is 54.4 Å². The van der Waals surface area contributed by atoms with Gasteiger partial charge in [0.25, 0.3) is 0 Å². The summed E-state index contributed by atoms with van der Waals surface area (Å²) in [7, 11) is 0. The molecule has 80 valence electrons. The Kier molecular flexibility index (Phi) is 2.46.